The van der Waals surface area contributed by atoms with E-state index in [-0.39, 0.29) is 80.6 Å². The molecule has 112 heavy (non-hydrogen) atoms. The van der Waals surface area contributed by atoms with E-state index in [0.717, 1.165) is 12.0 Å². The van der Waals surface area contributed by atoms with Gasteiger partial charge in [-0.25, -0.2) is 24.5 Å². The zero-order valence-electron chi connectivity index (χ0n) is 71.7. The van der Waals surface area contributed by atoms with Crippen molar-refractivity contribution >= 4 is 23.2 Å². The number of fused-ring (bicyclic) bond motifs is 1. The molecule has 0 aromatic carbocycles. The lowest BCUT2D eigenvalue weighted by Crippen LogP contribution is -2.59. The normalized spacial score (nSPS) is 32.1. The smallest absolute Gasteiger partial charge is 0.330 e. The number of imidazole rings is 1. The molecule has 0 amide bonds. The lowest BCUT2D eigenvalue weighted by atomic mass is 9.60. The van der Waals surface area contributed by atoms with Crippen LogP contribution in [0, 0.1) is 30.1 Å². The third-order valence-corrected chi connectivity index (χ3v) is 23.5. The molecule has 10 N–H and O–H groups in total. The number of nitrogens with one attached hydrogen (secondary N) is 2. The Bertz CT molecular complexity index is 3870. The van der Waals surface area contributed by atoms with E-state index in [4.69, 9.17) is 62.6 Å². The van der Waals surface area contributed by atoms with Crippen molar-refractivity contribution in [2.45, 2.75) is 252 Å². The number of likely N-dealkylation sites (tertiary alicyclic amines) is 3. The summed E-state index contributed by atoms with van der Waals surface area (Å²) in [5.41, 5.74) is 7.21. The summed E-state index contributed by atoms with van der Waals surface area (Å²) in [6.07, 6.45) is 9.22. The second-order valence-electron chi connectivity index (χ2n) is 32.8. The molecule has 0 bridgehead atoms. The minimum atomic E-state index is -0.763. The quantitative estimate of drug-likeness (QED) is 0.0811. The van der Waals surface area contributed by atoms with Crippen LogP contribution in [0.3, 0.4) is 0 Å². The van der Waals surface area contributed by atoms with Gasteiger partial charge in [0.2, 0.25) is 0 Å². The number of piperidine rings is 3. The second kappa shape index (κ2) is 41.8. The number of nitrogen functional groups attached to an aromatic ring is 1. The molecule has 0 aliphatic carbocycles. The number of aliphatic hydroxyl groups is 6. The Morgan fingerprint density at radius 2 is 1.12 bits per heavy atom. The van der Waals surface area contributed by atoms with Crippen molar-refractivity contribution < 1.29 is 87.5 Å². The van der Waals surface area contributed by atoms with Crippen LogP contribution in [0.15, 0.2) is 74.1 Å². The number of aromatic nitrogens is 8. The van der Waals surface area contributed by atoms with Gasteiger partial charge in [0.25, 0.3) is 11.1 Å². The van der Waals surface area contributed by atoms with Crippen LogP contribution in [0.1, 0.15) is 141 Å². The highest BCUT2D eigenvalue weighted by atomic mass is 16.7. The highest BCUT2D eigenvalue weighted by Crippen LogP contribution is 2.62. The molecule has 4 aromatic heterocycles. The minimum Gasteiger partial charge on any atom is -0.389 e. The third-order valence-electron chi connectivity index (χ3n) is 23.5. The van der Waals surface area contributed by atoms with Crippen LogP contribution in [-0.4, -0.2) is 309 Å². The SMILES string of the molecule is COC1C=CC(n2cc(C)c(=O)[nH]c2=O)O1.COCC(C)=Cn1cnc2c(N)ncnc21.COCC1C=CC(n2cc(C)c(=O)[nH]c2=O)O1.COC[C@]1(C)CC(C)(C)C(C)(C)O1.CO[C@@H]1[C@H](O)[C@@H](O)CN(C)[C@@H]1C.CO[C@@]1(C)OC(C)(C)C(C)(C)C1(C)C.CO[C@H]1CN(C)[C@H](C)[C@H](O)[C@@H]1O.CO[C@H]1[C@@H](O)[C@@H](C)N(C)C[C@@H]1O. The van der Waals surface area contributed by atoms with Crippen LogP contribution in [0.5, 0.6) is 0 Å². The maximum absolute atomic E-state index is 11.6. The Morgan fingerprint density at radius 1 is 0.589 bits per heavy atom. The number of rotatable bonds is 14. The van der Waals surface area contributed by atoms with Crippen LogP contribution < -0.4 is 28.2 Å². The first-order valence-electron chi connectivity index (χ1n) is 37.6. The number of anilines is 1. The Kier molecular flexibility index (Phi) is 36.7. The number of nitrogens with two attached hydrogens (primary N) is 1. The van der Waals surface area contributed by atoms with Gasteiger partial charge in [-0.2, -0.15) is 0 Å². The number of aryl methyl sites for hydroxylation is 2. The average Bonchev–Trinajstić information content (AvgIpc) is 1.55. The fourth-order valence-electron chi connectivity index (χ4n) is 14.1. The van der Waals surface area contributed by atoms with E-state index in [0.29, 0.717) is 67.6 Å². The van der Waals surface area contributed by atoms with Gasteiger partial charge in [0.15, 0.2) is 41.5 Å². The molecule has 18 atom stereocenters. The fraction of sp³-hybridized carbons (Fsp3) is 0.756. The largest absolute Gasteiger partial charge is 0.389 e. The number of aliphatic hydroxyl groups excluding tert-OH is 6. The molecule has 0 saturated carbocycles. The molecule has 11 heterocycles. The first-order chi connectivity index (χ1) is 51.9. The average molecular weight is 1590 g/mol. The molecule has 4 unspecified atom stereocenters. The lowest BCUT2D eigenvalue weighted by Gasteiger charge is -2.44. The summed E-state index contributed by atoms with van der Waals surface area (Å²) >= 11 is 0. The van der Waals surface area contributed by atoms with Crippen LogP contribution in [0.4, 0.5) is 5.82 Å². The number of aromatic amines is 2. The predicted molar refractivity (Wildman–Crippen MR) is 425 cm³/mol. The summed E-state index contributed by atoms with van der Waals surface area (Å²) in [4.78, 5) is 68.0. The Hall–Kier alpha value is -5.91. The lowest BCUT2D eigenvalue weighted by molar-refractivity contribution is -0.252. The second-order valence-corrected chi connectivity index (χ2v) is 32.8. The van der Waals surface area contributed by atoms with Crippen molar-refractivity contribution in [3.8, 4) is 0 Å². The predicted octanol–water partition coefficient (Wildman–Crippen LogP) is 3.76. The molecule has 0 spiro atoms. The van der Waals surface area contributed by atoms with Crippen molar-refractivity contribution in [1.82, 2.24) is 53.3 Å². The number of likely N-dealkylation sites (N-methyl/N-ethyl adjacent to an activating group) is 3. The zero-order chi connectivity index (χ0) is 85.3. The molecule has 0 radical (unpaired) electrons. The van der Waals surface area contributed by atoms with E-state index in [1.807, 2.05) is 87.3 Å². The summed E-state index contributed by atoms with van der Waals surface area (Å²) in [7, 11) is 18.5. The van der Waals surface area contributed by atoms with E-state index in [1.165, 1.54) is 42.1 Å². The number of methoxy groups -OCH3 is 8. The van der Waals surface area contributed by atoms with Gasteiger partial charge in [-0.15, -0.1) is 0 Å². The molecule has 34 heteroatoms. The fourth-order valence-corrected chi connectivity index (χ4v) is 14.1. The molecule has 640 valence electrons. The monoisotopic (exact) mass is 1590 g/mol. The highest BCUT2D eigenvalue weighted by Gasteiger charge is 2.66. The van der Waals surface area contributed by atoms with E-state index < -0.39 is 78.6 Å². The molecule has 34 nitrogen and oxygen atoms in total. The van der Waals surface area contributed by atoms with Gasteiger partial charge in [0, 0.05) is 135 Å². The van der Waals surface area contributed by atoms with Crippen LogP contribution in [0.2, 0.25) is 0 Å². The number of hydrogen-bond donors (Lipinski definition) is 9. The summed E-state index contributed by atoms with van der Waals surface area (Å²) in [5, 5.41) is 57.1. The first kappa shape index (κ1) is 98.5. The number of β-amino-alcohol motifs (C(OH)–C–C–N with tert-alkyl or cyclic N) is 2. The standard InChI is InChI=1S/C12H24O2.C11H14N2O4.C11H22O2.C10H13N5O.C10H12N2O4.3C8H17NO3/c1-9(2)10(3,4)12(7,13-8)14-11(9,5)6;1-7-5-13(11(15)12-10(7)14)9-4-3-8(17-9)6-16-2;1-9(2)7-11(5,8-12-6)13-10(9,3)4;1-7(4-16-2)3-15-6-14-8-9(11)12-5-13-10(8)15;1-6-5-12(10(14)11-9(6)13)7-3-4-8(15-2)16-7;1-5-8(12-3)7(11)6(10)4-9(5)2;1-5-7(10)8(11)6(12-3)4-9(5)2;1-5-7(11)8(12-3)6(10)4-9(5)2/h1-8H3;3-5,8-9H,6H2,1-2H3,(H,12,14,15);7-8H2,1-6H3;3,5-6H,4H2,1-2H3,(H2,11,12,13);3-5,7-8H,1-2H3,(H,11,13,14);3*5-8,10-11H,4H2,1-3H3/t12-;;11-;;;5-,6+,7-,8+;2*5-,6+,7+,8-/m0.0..111/s1. The summed E-state index contributed by atoms with van der Waals surface area (Å²) in [6, 6.07) is 0.179. The Morgan fingerprint density at radius 3 is 1.58 bits per heavy atom. The molecule has 5 saturated heterocycles. The first-order valence-corrected chi connectivity index (χ1v) is 37.6. The maximum atomic E-state index is 11.6. The Balaban J connectivity index is 0.000000271. The van der Waals surface area contributed by atoms with Gasteiger partial charge >= 0.3 is 11.4 Å². The molecular formula is C78H136N12O22. The zero-order valence-corrected chi connectivity index (χ0v) is 71.7. The van der Waals surface area contributed by atoms with Gasteiger partial charge in [0.05, 0.1) is 67.1 Å². The number of H-pyrrole nitrogens is 2. The third kappa shape index (κ3) is 24.1. The van der Waals surface area contributed by atoms with Gasteiger partial charge < -0.3 is 93.2 Å². The molecule has 11 rings (SSSR count). The van der Waals surface area contributed by atoms with Crippen molar-refractivity contribution in [1.29, 1.82) is 0 Å². The molecular weight excluding hydrogens is 1460 g/mol. The van der Waals surface area contributed by atoms with Crippen molar-refractivity contribution in [3.63, 3.8) is 0 Å². The van der Waals surface area contributed by atoms with E-state index >= 15 is 0 Å². The summed E-state index contributed by atoms with van der Waals surface area (Å²) < 4.78 is 68.4. The van der Waals surface area contributed by atoms with Crippen molar-refractivity contribution in [2.24, 2.45) is 16.2 Å². The summed E-state index contributed by atoms with van der Waals surface area (Å²) in [6.45, 7) is 40.6. The van der Waals surface area contributed by atoms with Gasteiger partial charge in [-0.05, 0) is 140 Å². The topological polar surface area (TPSA) is 421 Å². The van der Waals surface area contributed by atoms with Gasteiger partial charge in [0.1, 0.15) is 43.2 Å². The van der Waals surface area contributed by atoms with Crippen LogP contribution in [0.25, 0.3) is 17.4 Å². The number of hydrogen-bond acceptors (Lipinski definition) is 29. The molecule has 4 aromatic rings. The highest BCUT2D eigenvalue weighted by molar-refractivity contribution is 5.82. The van der Waals surface area contributed by atoms with Crippen LogP contribution in [-0.2, 0) is 56.8 Å². The minimum absolute atomic E-state index is 0.00796. The van der Waals surface area contributed by atoms with Crippen molar-refractivity contribution in [2.75, 3.05) is 123 Å². The molecule has 7 aliphatic rings. The van der Waals surface area contributed by atoms with Gasteiger partial charge in [-0.1, -0.05) is 47.6 Å². The van der Waals surface area contributed by atoms with E-state index in [9.17, 15) is 49.8 Å². The molecule has 5 fully saturated rings. The van der Waals surface area contributed by atoms with Crippen LogP contribution >= 0.6 is 0 Å². The Labute approximate surface area is 660 Å². The van der Waals surface area contributed by atoms with Crippen molar-refractivity contribution in [3.05, 3.63) is 108 Å². The summed E-state index contributed by atoms with van der Waals surface area (Å²) in [5.74, 6) is -0.110. The van der Waals surface area contributed by atoms with E-state index in [2.05, 4.69) is 101 Å². The van der Waals surface area contributed by atoms with Gasteiger partial charge in [-0.3, -0.25) is 48.0 Å². The van der Waals surface area contributed by atoms with E-state index in [1.54, 1.807) is 81.1 Å². The maximum Gasteiger partial charge on any atom is 0.330 e. The molecule has 7 aliphatic heterocycles. The number of nitrogens with zero attached hydrogens (tertiary/aromatic N) is 9. The number of ether oxygens (including phenoxy) is 12.